The lowest BCUT2D eigenvalue weighted by molar-refractivity contribution is -0.0985. The fourth-order valence-electron chi connectivity index (χ4n) is 6.90. The molecule has 4 aromatic rings. The molecule has 0 unspecified atom stereocenters. The van der Waals surface area contributed by atoms with Crippen molar-refractivity contribution >= 4 is 23.5 Å². The highest BCUT2D eigenvalue weighted by molar-refractivity contribution is 5.93. The van der Waals surface area contributed by atoms with E-state index in [2.05, 4.69) is 43.8 Å². The van der Waals surface area contributed by atoms with Crippen molar-refractivity contribution in [2.24, 2.45) is 12.5 Å². The van der Waals surface area contributed by atoms with E-state index in [9.17, 15) is 10.1 Å². The standard InChI is InChI=1S/C35H39N9O2/c1-42-21-28(20-39-42)26-7-11-30(12-8-26)44(34(45)38-18-25-5-3-2-4-6-25)31-13-9-29(10-14-31)40-33-37-19-27(17-36)32(41-33)43-16-15-35(22-43)23-46-24-35/h2-8,11-12,19-21,29,31H,9-10,13-16,18,22-24H2,1H3,(H,38,45)(H,37,40,41). The number of carbonyl (C=O) groups is 1. The number of benzene rings is 2. The summed E-state index contributed by atoms with van der Waals surface area (Å²) in [7, 11) is 1.90. The summed E-state index contributed by atoms with van der Waals surface area (Å²) in [4.78, 5) is 27.2. The lowest BCUT2D eigenvalue weighted by Gasteiger charge is -2.38. The zero-order chi connectivity index (χ0) is 31.5. The molecule has 11 heteroatoms. The number of carbonyl (C=O) groups excluding carboxylic acids is 1. The Morgan fingerprint density at radius 1 is 1.07 bits per heavy atom. The summed E-state index contributed by atoms with van der Waals surface area (Å²) in [6, 6.07) is 20.5. The molecule has 4 heterocycles. The van der Waals surface area contributed by atoms with E-state index in [0.29, 0.717) is 23.9 Å². The van der Waals surface area contributed by atoms with Gasteiger partial charge in [0, 0.05) is 61.6 Å². The molecule has 11 nitrogen and oxygen atoms in total. The van der Waals surface area contributed by atoms with E-state index in [1.807, 2.05) is 66.8 Å². The van der Waals surface area contributed by atoms with Gasteiger partial charge in [-0.1, -0.05) is 42.5 Å². The fraction of sp³-hybridized carbons (Fsp3) is 0.400. The van der Waals surface area contributed by atoms with Crippen LogP contribution in [0.15, 0.2) is 73.2 Å². The maximum Gasteiger partial charge on any atom is 0.322 e. The monoisotopic (exact) mass is 617 g/mol. The molecule has 2 aromatic heterocycles. The number of nitriles is 1. The molecular weight excluding hydrogens is 578 g/mol. The molecule has 2 aliphatic heterocycles. The first kappa shape index (κ1) is 29.7. The number of nitrogens with zero attached hydrogens (tertiary/aromatic N) is 7. The predicted octanol–water partition coefficient (Wildman–Crippen LogP) is 5.11. The SMILES string of the molecule is Cn1cc(-c2ccc(N(C(=O)NCc3ccccc3)C3CCC(Nc4ncc(C#N)c(N5CCC6(COC6)C5)n4)CC3)cc2)cn1. The summed E-state index contributed by atoms with van der Waals surface area (Å²) >= 11 is 0. The largest absolute Gasteiger partial charge is 0.380 e. The van der Waals surface area contributed by atoms with E-state index in [0.717, 1.165) is 80.8 Å². The van der Waals surface area contributed by atoms with E-state index in [-0.39, 0.29) is 23.5 Å². The van der Waals surface area contributed by atoms with Crippen LogP contribution in [0.2, 0.25) is 0 Å². The van der Waals surface area contributed by atoms with Gasteiger partial charge in [0.25, 0.3) is 0 Å². The van der Waals surface area contributed by atoms with Gasteiger partial charge in [0.15, 0.2) is 5.82 Å². The molecule has 0 radical (unpaired) electrons. The van der Waals surface area contributed by atoms with E-state index in [1.165, 1.54) is 0 Å². The third-order valence-electron chi connectivity index (χ3n) is 9.53. The second-order valence-electron chi connectivity index (χ2n) is 12.8. The number of urea groups is 1. The second-order valence-corrected chi connectivity index (χ2v) is 12.8. The molecule has 236 valence electrons. The first-order valence-corrected chi connectivity index (χ1v) is 16.1. The smallest absolute Gasteiger partial charge is 0.322 e. The Morgan fingerprint density at radius 3 is 2.50 bits per heavy atom. The molecule has 2 aromatic carbocycles. The van der Waals surface area contributed by atoms with Crippen LogP contribution in [0.1, 0.15) is 43.2 Å². The highest BCUT2D eigenvalue weighted by Crippen LogP contribution is 2.40. The summed E-state index contributed by atoms with van der Waals surface area (Å²) in [5.41, 5.74) is 4.72. The summed E-state index contributed by atoms with van der Waals surface area (Å²) < 4.78 is 7.27. The van der Waals surface area contributed by atoms with Gasteiger partial charge in [-0.3, -0.25) is 9.58 Å². The van der Waals surface area contributed by atoms with Crippen LogP contribution in [0.4, 0.5) is 22.2 Å². The van der Waals surface area contributed by atoms with Crippen LogP contribution in [-0.4, -0.2) is 64.2 Å². The Morgan fingerprint density at radius 2 is 1.85 bits per heavy atom. The third kappa shape index (κ3) is 6.26. The maximum atomic E-state index is 13.8. The molecule has 1 saturated carbocycles. The van der Waals surface area contributed by atoms with Crippen LogP contribution in [0.5, 0.6) is 0 Å². The number of hydrogen-bond donors (Lipinski definition) is 2. The molecule has 1 aliphatic carbocycles. The van der Waals surface area contributed by atoms with Crippen LogP contribution in [0.3, 0.4) is 0 Å². The molecule has 7 rings (SSSR count). The number of rotatable bonds is 8. The molecule has 3 fully saturated rings. The molecule has 46 heavy (non-hydrogen) atoms. The van der Waals surface area contributed by atoms with Crippen molar-refractivity contribution in [3.63, 3.8) is 0 Å². The minimum absolute atomic E-state index is 0.0426. The van der Waals surface area contributed by atoms with Gasteiger partial charge in [-0.05, 0) is 55.4 Å². The Labute approximate surface area is 269 Å². The van der Waals surface area contributed by atoms with Crippen molar-refractivity contribution < 1.29 is 9.53 Å². The first-order chi connectivity index (χ1) is 22.5. The minimum atomic E-state index is -0.102. The molecule has 1 spiro atoms. The van der Waals surface area contributed by atoms with E-state index in [4.69, 9.17) is 9.72 Å². The highest BCUT2D eigenvalue weighted by Gasteiger charge is 2.45. The van der Waals surface area contributed by atoms with Crippen molar-refractivity contribution in [2.75, 3.05) is 41.4 Å². The number of hydrogen-bond acceptors (Lipinski definition) is 8. The maximum absolute atomic E-state index is 13.8. The second kappa shape index (κ2) is 12.8. The zero-order valence-electron chi connectivity index (χ0n) is 26.1. The van der Waals surface area contributed by atoms with Gasteiger partial charge in [0.2, 0.25) is 5.95 Å². The van der Waals surface area contributed by atoms with E-state index in [1.54, 1.807) is 10.9 Å². The normalized spacial score (nSPS) is 20.1. The summed E-state index contributed by atoms with van der Waals surface area (Å²) in [6.45, 7) is 3.74. The van der Waals surface area contributed by atoms with Crippen LogP contribution in [-0.2, 0) is 18.3 Å². The van der Waals surface area contributed by atoms with Gasteiger partial charge in [0.05, 0.1) is 25.6 Å². The van der Waals surface area contributed by atoms with Crippen molar-refractivity contribution in [3.8, 4) is 17.2 Å². The van der Waals surface area contributed by atoms with Crippen LogP contribution in [0, 0.1) is 16.7 Å². The number of aromatic nitrogens is 4. The van der Waals surface area contributed by atoms with Crippen molar-refractivity contribution in [2.45, 2.75) is 50.7 Å². The molecule has 2 amide bonds. The number of anilines is 3. The van der Waals surface area contributed by atoms with Crippen LogP contribution in [0.25, 0.3) is 11.1 Å². The summed E-state index contributed by atoms with van der Waals surface area (Å²) in [6.07, 6.45) is 9.91. The lowest BCUT2D eigenvalue weighted by Crippen LogP contribution is -2.48. The fourth-order valence-corrected chi connectivity index (χ4v) is 6.90. The van der Waals surface area contributed by atoms with Crippen molar-refractivity contribution in [3.05, 3.63) is 84.3 Å². The van der Waals surface area contributed by atoms with Gasteiger partial charge in [0.1, 0.15) is 11.6 Å². The number of ether oxygens (including phenoxy) is 1. The van der Waals surface area contributed by atoms with E-state index >= 15 is 0 Å². The Hall–Kier alpha value is -4.95. The average molecular weight is 618 g/mol. The van der Waals surface area contributed by atoms with Crippen molar-refractivity contribution in [1.82, 2.24) is 25.1 Å². The molecule has 0 atom stereocenters. The summed E-state index contributed by atoms with van der Waals surface area (Å²) in [5.74, 6) is 1.25. The Kier molecular flexibility index (Phi) is 8.28. The first-order valence-electron chi connectivity index (χ1n) is 16.1. The van der Waals surface area contributed by atoms with Crippen LogP contribution < -0.4 is 20.4 Å². The quantitative estimate of drug-likeness (QED) is 0.280. The lowest BCUT2D eigenvalue weighted by atomic mass is 9.85. The number of nitrogens with one attached hydrogen (secondary N) is 2. The topological polar surface area (TPSA) is 124 Å². The van der Waals surface area contributed by atoms with Gasteiger partial charge >= 0.3 is 6.03 Å². The van der Waals surface area contributed by atoms with Crippen molar-refractivity contribution in [1.29, 1.82) is 5.26 Å². The number of aryl methyl sites for hydroxylation is 1. The summed E-state index contributed by atoms with van der Waals surface area (Å²) in [5, 5.41) is 20.7. The molecule has 2 N–H and O–H groups in total. The van der Waals surface area contributed by atoms with Gasteiger partial charge in [-0.15, -0.1) is 0 Å². The third-order valence-corrected chi connectivity index (χ3v) is 9.53. The molecular formula is C35H39N9O2. The molecule has 0 bridgehead atoms. The predicted molar refractivity (Wildman–Crippen MR) is 176 cm³/mol. The van der Waals surface area contributed by atoms with Gasteiger partial charge < -0.3 is 20.3 Å². The average Bonchev–Trinajstić information content (AvgIpc) is 3.73. The number of amides is 2. The Balaban J connectivity index is 1.04. The van der Waals surface area contributed by atoms with Gasteiger partial charge in [-0.2, -0.15) is 15.3 Å². The molecule has 3 aliphatic rings. The zero-order valence-corrected chi connectivity index (χ0v) is 26.1. The highest BCUT2D eigenvalue weighted by atomic mass is 16.5. The van der Waals surface area contributed by atoms with Gasteiger partial charge in [-0.25, -0.2) is 9.78 Å². The minimum Gasteiger partial charge on any atom is -0.380 e. The van der Waals surface area contributed by atoms with Crippen LogP contribution >= 0.6 is 0 Å². The van der Waals surface area contributed by atoms with E-state index < -0.39 is 0 Å². The molecule has 2 saturated heterocycles. The Bertz CT molecular complexity index is 1700.